The van der Waals surface area contributed by atoms with Gasteiger partial charge in [0.2, 0.25) is 0 Å². The molecular formula is C24H24F3NO5. The molecule has 0 heterocycles. The summed E-state index contributed by atoms with van der Waals surface area (Å²) in [7, 11) is 2.99. The fraction of sp³-hybridized carbons (Fsp3) is 0.333. The quantitative estimate of drug-likeness (QED) is 0.362. The van der Waals surface area contributed by atoms with Gasteiger partial charge in [-0.3, -0.25) is 9.59 Å². The lowest BCUT2D eigenvalue weighted by Gasteiger charge is -2.24. The van der Waals surface area contributed by atoms with Gasteiger partial charge in [0.25, 0.3) is 5.91 Å². The molecule has 0 aromatic heterocycles. The van der Waals surface area contributed by atoms with Crippen LogP contribution < -0.4 is 14.8 Å². The number of esters is 1. The summed E-state index contributed by atoms with van der Waals surface area (Å²) in [6, 6.07) is 5.35. The molecule has 33 heavy (non-hydrogen) atoms. The summed E-state index contributed by atoms with van der Waals surface area (Å²) in [5.74, 6) is -5.39. The SMILES string of the molecule is CCOC(=O)C(c1cc(OC)ccc1OC)C1C=CC(NC(=O)c2cc(F)c(F)cc2F)C1. The molecule has 0 spiro atoms. The second-order valence-electron chi connectivity index (χ2n) is 7.45. The number of carbonyl (C=O) groups is 2. The van der Waals surface area contributed by atoms with Crippen molar-refractivity contribution < 1.29 is 37.0 Å². The number of methoxy groups -OCH3 is 2. The number of ether oxygens (including phenoxy) is 3. The summed E-state index contributed by atoms with van der Waals surface area (Å²) in [6.07, 6.45) is 3.72. The van der Waals surface area contributed by atoms with Gasteiger partial charge in [-0.05, 0) is 43.5 Å². The topological polar surface area (TPSA) is 73.9 Å². The third-order valence-electron chi connectivity index (χ3n) is 5.43. The zero-order chi connectivity index (χ0) is 24.1. The van der Waals surface area contributed by atoms with Gasteiger partial charge in [-0.1, -0.05) is 12.2 Å². The van der Waals surface area contributed by atoms with E-state index in [0.29, 0.717) is 35.6 Å². The molecule has 0 saturated heterocycles. The first-order valence-electron chi connectivity index (χ1n) is 10.3. The molecule has 0 saturated carbocycles. The van der Waals surface area contributed by atoms with E-state index in [2.05, 4.69) is 5.32 Å². The number of nitrogens with one attached hydrogen (secondary N) is 1. The van der Waals surface area contributed by atoms with Crippen LogP contribution in [0.2, 0.25) is 0 Å². The van der Waals surface area contributed by atoms with Crippen molar-refractivity contribution in [1.29, 1.82) is 0 Å². The molecule has 3 atom stereocenters. The van der Waals surface area contributed by atoms with Crippen molar-refractivity contribution in [3.05, 3.63) is 71.1 Å². The molecule has 0 radical (unpaired) electrons. The molecule has 3 unspecified atom stereocenters. The monoisotopic (exact) mass is 463 g/mol. The van der Waals surface area contributed by atoms with E-state index in [4.69, 9.17) is 14.2 Å². The second-order valence-corrected chi connectivity index (χ2v) is 7.45. The molecule has 3 rings (SSSR count). The maximum atomic E-state index is 14.0. The number of rotatable bonds is 8. The zero-order valence-electron chi connectivity index (χ0n) is 18.4. The van der Waals surface area contributed by atoms with Gasteiger partial charge < -0.3 is 19.5 Å². The molecule has 0 aliphatic heterocycles. The van der Waals surface area contributed by atoms with Gasteiger partial charge in [0.05, 0.1) is 32.3 Å². The molecule has 1 amide bonds. The highest BCUT2D eigenvalue weighted by Crippen LogP contribution is 2.40. The molecular weight excluding hydrogens is 439 g/mol. The molecule has 9 heteroatoms. The van der Waals surface area contributed by atoms with Crippen molar-refractivity contribution in [1.82, 2.24) is 5.32 Å². The maximum Gasteiger partial charge on any atom is 0.314 e. The van der Waals surface area contributed by atoms with Crippen molar-refractivity contribution >= 4 is 11.9 Å². The van der Waals surface area contributed by atoms with Crippen LogP contribution in [0.25, 0.3) is 0 Å². The van der Waals surface area contributed by atoms with E-state index in [9.17, 15) is 22.8 Å². The summed E-state index contributed by atoms with van der Waals surface area (Å²) < 4.78 is 56.6. The molecule has 1 aliphatic rings. The van der Waals surface area contributed by atoms with E-state index in [1.807, 2.05) is 0 Å². The minimum absolute atomic E-state index is 0.174. The molecule has 1 N–H and O–H groups in total. The van der Waals surface area contributed by atoms with Crippen molar-refractivity contribution in [2.24, 2.45) is 5.92 Å². The number of hydrogen-bond donors (Lipinski definition) is 1. The molecule has 6 nitrogen and oxygen atoms in total. The first kappa shape index (κ1) is 24.2. The molecule has 176 valence electrons. The lowest BCUT2D eigenvalue weighted by atomic mass is 9.84. The third-order valence-corrected chi connectivity index (χ3v) is 5.43. The smallest absolute Gasteiger partial charge is 0.314 e. The van der Waals surface area contributed by atoms with Crippen LogP contribution in [0, 0.1) is 23.4 Å². The van der Waals surface area contributed by atoms with Gasteiger partial charge >= 0.3 is 5.97 Å². The molecule has 2 aromatic carbocycles. The van der Waals surface area contributed by atoms with Gasteiger partial charge in [0.15, 0.2) is 11.6 Å². The first-order valence-corrected chi connectivity index (χ1v) is 10.3. The standard InChI is InChI=1S/C24H24F3NO5/c1-4-33-24(30)22(17-10-15(31-2)7-8-21(17)32-3)13-5-6-14(9-13)28-23(29)16-11-19(26)20(27)12-18(16)25/h5-8,10-14,22H,4,9H2,1-3H3,(H,28,29). The average molecular weight is 463 g/mol. The van der Waals surface area contributed by atoms with Gasteiger partial charge in [-0.2, -0.15) is 0 Å². The van der Waals surface area contributed by atoms with E-state index in [-0.39, 0.29) is 12.5 Å². The Morgan fingerprint density at radius 3 is 2.42 bits per heavy atom. The van der Waals surface area contributed by atoms with E-state index in [0.717, 1.165) is 0 Å². The predicted molar refractivity (Wildman–Crippen MR) is 114 cm³/mol. The zero-order valence-corrected chi connectivity index (χ0v) is 18.4. The van der Waals surface area contributed by atoms with Crippen LogP contribution >= 0.6 is 0 Å². The maximum absolute atomic E-state index is 14.0. The van der Waals surface area contributed by atoms with Gasteiger partial charge in [0.1, 0.15) is 17.3 Å². The van der Waals surface area contributed by atoms with Crippen LogP contribution in [0.1, 0.15) is 35.2 Å². The number of carbonyl (C=O) groups excluding carboxylic acids is 2. The minimum atomic E-state index is -1.38. The first-order chi connectivity index (χ1) is 15.8. The van der Waals surface area contributed by atoms with Gasteiger partial charge in [-0.15, -0.1) is 0 Å². The predicted octanol–water partition coefficient (Wildman–Crippen LogP) is 4.14. The van der Waals surface area contributed by atoms with Gasteiger partial charge in [-0.25, -0.2) is 13.2 Å². The summed E-state index contributed by atoms with van der Waals surface area (Å²) in [5.41, 5.74) is -0.0502. The van der Waals surface area contributed by atoms with E-state index in [1.54, 1.807) is 37.3 Å². The van der Waals surface area contributed by atoms with Crippen LogP contribution in [0.4, 0.5) is 13.2 Å². The number of hydrogen-bond acceptors (Lipinski definition) is 5. The lowest BCUT2D eigenvalue weighted by Crippen LogP contribution is -2.34. The molecule has 1 aliphatic carbocycles. The summed E-state index contributed by atoms with van der Waals surface area (Å²) >= 11 is 0. The average Bonchev–Trinajstić information content (AvgIpc) is 3.24. The Morgan fingerprint density at radius 2 is 1.76 bits per heavy atom. The van der Waals surface area contributed by atoms with Crippen molar-refractivity contribution in [3.8, 4) is 11.5 Å². The van der Waals surface area contributed by atoms with E-state index >= 15 is 0 Å². The minimum Gasteiger partial charge on any atom is -0.497 e. The van der Waals surface area contributed by atoms with Crippen LogP contribution in [0.5, 0.6) is 11.5 Å². The number of benzene rings is 2. The fourth-order valence-corrected chi connectivity index (χ4v) is 3.87. The molecule has 0 bridgehead atoms. The van der Waals surface area contributed by atoms with E-state index in [1.165, 1.54) is 14.2 Å². The Kier molecular flexibility index (Phi) is 7.63. The Morgan fingerprint density at radius 1 is 1.03 bits per heavy atom. The number of halogens is 3. The number of amides is 1. The van der Waals surface area contributed by atoms with Crippen molar-refractivity contribution in [2.45, 2.75) is 25.3 Å². The second kappa shape index (κ2) is 10.4. The summed E-state index contributed by atoms with van der Waals surface area (Å²) in [5, 5.41) is 2.58. The Labute approximate surface area is 189 Å². The Hall–Kier alpha value is -3.49. The van der Waals surface area contributed by atoms with Crippen LogP contribution in [0.3, 0.4) is 0 Å². The summed E-state index contributed by atoms with van der Waals surface area (Å²) in [4.78, 5) is 25.3. The van der Waals surface area contributed by atoms with Crippen molar-refractivity contribution in [2.75, 3.05) is 20.8 Å². The van der Waals surface area contributed by atoms with Crippen LogP contribution in [-0.2, 0) is 9.53 Å². The highest BCUT2D eigenvalue weighted by Gasteiger charge is 2.36. The molecule has 0 fully saturated rings. The van der Waals surface area contributed by atoms with Crippen molar-refractivity contribution in [3.63, 3.8) is 0 Å². The number of allylic oxidation sites excluding steroid dienone is 1. The van der Waals surface area contributed by atoms with Crippen LogP contribution in [0.15, 0.2) is 42.5 Å². The van der Waals surface area contributed by atoms with Crippen LogP contribution in [-0.4, -0.2) is 38.7 Å². The Bertz CT molecular complexity index is 1070. The summed E-state index contributed by atoms with van der Waals surface area (Å²) in [6.45, 7) is 1.87. The highest BCUT2D eigenvalue weighted by molar-refractivity contribution is 5.94. The normalized spacial score (nSPS) is 18.0. The largest absolute Gasteiger partial charge is 0.497 e. The molecule has 2 aromatic rings. The van der Waals surface area contributed by atoms with E-state index < -0.39 is 46.9 Å². The highest BCUT2D eigenvalue weighted by atomic mass is 19.2. The fourth-order valence-electron chi connectivity index (χ4n) is 3.87. The Balaban J connectivity index is 1.83. The lowest BCUT2D eigenvalue weighted by molar-refractivity contribution is -0.146. The third kappa shape index (κ3) is 5.30. The van der Waals surface area contributed by atoms with Gasteiger partial charge in [0, 0.05) is 17.7 Å².